The molecule has 0 radical (unpaired) electrons. The Kier molecular flexibility index (Phi) is 2.28. The summed E-state index contributed by atoms with van der Waals surface area (Å²) in [6.45, 7) is 5.50. The van der Waals surface area contributed by atoms with E-state index < -0.39 is 0 Å². The maximum Gasteiger partial charge on any atom is 0.0531 e. The van der Waals surface area contributed by atoms with E-state index in [0.717, 1.165) is 19.6 Å². The summed E-state index contributed by atoms with van der Waals surface area (Å²) in [5.41, 5.74) is 7.72. The molecular weight excluding hydrogens is 220 g/mol. The number of aryl methyl sites for hydroxylation is 2. The molecule has 0 saturated heterocycles. The minimum absolute atomic E-state index is 1.03. The zero-order chi connectivity index (χ0) is 12.1. The van der Waals surface area contributed by atoms with Gasteiger partial charge in [-0.1, -0.05) is 11.6 Å². The highest BCUT2D eigenvalue weighted by Crippen LogP contribution is 2.35. The zero-order valence-corrected chi connectivity index (χ0v) is 11.1. The van der Waals surface area contributed by atoms with Crippen molar-refractivity contribution in [2.45, 2.75) is 45.7 Å². The van der Waals surface area contributed by atoms with Crippen LogP contribution in [0, 0.1) is 6.92 Å². The predicted molar refractivity (Wildman–Crippen MR) is 75.0 cm³/mol. The molecule has 2 nitrogen and oxygen atoms in total. The number of benzene rings is 1. The van der Waals surface area contributed by atoms with E-state index in [0.29, 0.717) is 0 Å². The Morgan fingerprint density at radius 3 is 3.00 bits per heavy atom. The molecule has 1 aliphatic heterocycles. The van der Waals surface area contributed by atoms with Crippen molar-refractivity contribution >= 4 is 10.9 Å². The van der Waals surface area contributed by atoms with E-state index in [1.165, 1.54) is 42.3 Å². The van der Waals surface area contributed by atoms with Crippen LogP contribution in [-0.2, 0) is 25.9 Å². The van der Waals surface area contributed by atoms with E-state index in [-0.39, 0.29) is 0 Å². The van der Waals surface area contributed by atoms with Gasteiger partial charge in [0.2, 0.25) is 0 Å². The Hall–Kier alpha value is -1.28. The molecule has 2 aromatic rings. The van der Waals surface area contributed by atoms with Crippen LogP contribution in [0.25, 0.3) is 10.9 Å². The first kappa shape index (κ1) is 10.6. The summed E-state index contributed by atoms with van der Waals surface area (Å²) < 4.78 is 2.61. The molecule has 0 fully saturated rings. The molecule has 2 heteroatoms. The molecule has 0 bridgehead atoms. The Morgan fingerprint density at radius 2 is 2.06 bits per heavy atom. The predicted octanol–water partition coefficient (Wildman–Crippen LogP) is 2.93. The summed E-state index contributed by atoms with van der Waals surface area (Å²) in [4.78, 5) is 0. The van der Waals surface area contributed by atoms with Gasteiger partial charge in [0.1, 0.15) is 0 Å². The molecule has 2 heterocycles. The first-order valence-electron chi connectivity index (χ1n) is 7.19. The Balaban J connectivity index is 2.12. The normalized spacial score (nSPS) is 18.7. The Labute approximate surface area is 108 Å². The van der Waals surface area contributed by atoms with Crippen molar-refractivity contribution in [2.24, 2.45) is 0 Å². The molecule has 94 valence electrons. The van der Waals surface area contributed by atoms with Gasteiger partial charge in [0.15, 0.2) is 0 Å². The Morgan fingerprint density at radius 1 is 1.17 bits per heavy atom. The van der Waals surface area contributed by atoms with Gasteiger partial charge in [0, 0.05) is 30.7 Å². The van der Waals surface area contributed by atoms with Crippen molar-refractivity contribution in [3.8, 4) is 0 Å². The fourth-order valence-corrected chi connectivity index (χ4v) is 3.81. The van der Waals surface area contributed by atoms with Crippen molar-refractivity contribution in [3.63, 3.8) is 0 Å². The molecule has 0 atom stereocenters. The third-order valence-electron chi connectivity index (χ3n) is 4.52. The average Bonchev–Trinajstić information content (AvgIpc) is 2.55. The van der Waals surface area contributed by atoms with E-state index in [4.69, 9.17) is 0 Å². The van der Waals surface area contributed by atoms with E-state index in [1.807, 2.05) is 0 Å². The highest BCUT2D eigenvalue weighted by atomic mass is 15.0. The van der Waals surface area contributed by atoms with Gasteiger partial charge in [-0.3, -0.25) is 0 Å². The lowest BCUT2D eigenvalue weighted by Gasteiger charge is -2.15. The number of nitrogens with one attached hydrogen (secondary N) is 1. The molecule has 1 N–H and O–H groups in total. The number of nitrogens with zero attached hydrogens (tertiary/aromatic N) is 1. The molecule has 0 amide bonds. The molecule has 0 saturated carbocycles. The molecule has 1 aromatic carbocycles. The number of hydrogen-bond acceptors (Lipinski definition) is 1. The molecule has 18 heavy (non-hydrogen) atoms. The van der Waals surface area contributed by atoms with Crippen molar-refractivity contribution in [3.05, 3.63) is 34.5 Å². The molecule has 0 spiro atoms. The van der Waals surface area contributed by atoms with Crippen molar-refractivity contribution in [2.75, 3.05) is 6.54 Å². The monoisotopic (exact) mass is 240 g/mol. The van der Waals surface area contributed by atoms with Gasteiger partial charge in [-0.05, 0) is 49.8 Å². The molecule has 2 aliphatic rings. The highest BCUT2D eigenvalue weighted by Gasteiger charge is 2.22. The number of hydrogen-bond donors (Lipinski definition) is 1. The van der Waals surface area contributed by atoms with Gasteiger partial charge in [0.05, 0.1) is 5.52 Å². The molecule has 4 rings (SSSR count). The second kappa shape index (κ2) is 3.86. The fraction of sp³-hybridized carbons (Fsp3) is 0.500. The van der Waals surface area contributed by atoms with Crippen molar-refractivity contribution < 1.29 is 0 Å². The first-order chi connectivity index (χ1) is 8.84. The lowest BCUT2D eigenvalue weighted by molar-refractivity contribution is 0.586. The van der Waals surface area contributed by atoms with Crippen LogP contribution < -0.4 is 5.32 Å². The van der Waals surface area contributed by atoms with Gasteiger partial charge in [0.25, 0.3) is 0 Å². The quantitative estimate of drug-likeness (QED) is 0.749. The van der Waals surface area contributed by atoms with Crippen LogP contribution >= 0.6 is 0 Å². The maximum absolute atomic E-state index is 3.55. The molecule has 1 aliphatic carbocycles. The topological polar surface area (TPSA) is 17.0 Å². The van der Waals surface area contributed by atoms with Crippen LogP contribution in [0.5, 0.6) is 0 Å². The molecule has 0 unspecified atom stereocenters. The van der Waals surface area contributed by atoms with Gasteiger partial charge < -0.3 is 9.88 Å². The summed E-state index contributed by atoms with van der Waals surface area (Å²) in [6, 6.07) is 4.77. The minimum Gasteiger partial charge on any atom is -0.343 e. The van der Waals surface area contributed by atoms with Crippen LogP contribution in [0.4, 0.5) is 0 Å². The fourth-order valence-electron chi connectivity index (χ4n) is 3.81. The van der Waals surface area contributed by atoms with Gasteiger partial charge >= 0.3 is 0 Å². The van der Waals surface area contributed by atoms with Crippen LogP contribution in [0.2, 0.25) is 0 Å². The third-order valence-corrected chi connectivity index (χ3v) is 4.52. The van der Waals surface area contributed by atoms with E-state index in [9.17, 15) is 0 Å². The average molecular weight is 240 g/mol. The number of aromatic nitrogens is 1. The van der Waals surface area contributed by atoms with Crippen LogP contribution in [0.15, 0.2) is 12.1 Å². The van der Waals surface area contributed by atoms with E-state index >= 15 is 0 Å². The maximum atomic E-state index is 3.55. The second-order valence-electron chi connectivity index (χ2n) is 5.78. The second-order valence-corrected chi connectivity index (χ2v) is 5.78. The summed E-state index contributed by atoms with van der Waals surface area (Å²) in [5, 5.41) is 5.10. The van der Waals surface area contributed by atoms with Gasteiger partial charge in [-0.2, -0.15) is 0 Å². The lowest BCUT2D eigenvalue weighted by Crippen LogP contribution is -2.17. The van der Waals surface area contributed by atoms with Crippen LogP contribution in [0.3, 0.4) is 0 Å². The van der Waals surface area contributed by atoms with Gasteiger partial charge in [-0.25, -0.2) is 0 Å². The zero-order valence-electron chi connectivity index (χ0n) is 11.1. The van der Waals surface area contributed by atoms with E-state index in [1.54, 1.807) is 16.6 Å². The largest absolute Gasteiger partial charge is 0.343 e. The SMILES string of the molecule is Cc1cc2c3c(c1)c1c(n3CCNC2)CCCC1. The van der Waals surface area contributed by atoms with Crippen LogP contribution in [0.1, 0.15) is 35.2 Å². The smallest absolute Gasteiger partial charge is 0.0531 e. The van der Waals surface area contributed by atoms with Gasteiger partial charge in [-0.15, -0.1) is 0 Å². The molecular formula is C16H20N2. The first-order valence-corrected chi connectivity index (χ1v) is 7.19. The van der Waals surface area contributed by atoms with E-state index in [2.05, 4.69) is 28.9 Å². The summed E-state index contributed by atoms with van der Waals surface area (Å²) in [5.74, 6) is 0. The van der Waals surface area contributed by atoms with Crippen LogP contribution in [-0.4, -0.2) is 11.1 Å². The number of rotatable bonds is 0. The lowest BCUT2D eigenvalue weighted by atomic mass is 9.94. The highest BCUT2D eigenvalue weighted by molar-refractivity contribution is 5.89. The molecule has 1 aromatic heterocycles. The standard InChI is InChI=1S/C16H20N2/c1-11-8-12-10-17-6-7-18-15-5-3-2-4-13(15)14(9-11)16(12)18/h8-9,17H,2-7,10H2,1H3. The third kappa shape index (κ3) is 1.39. The van der Waals surface area contributed by atoms with Crippen molar-refractivity contribution in [1.82, 2.24) is 9.88 Å². The summed E-state index contributed by atoms with van der Waals surface area (Å²) >= 11 is 0. The Bertz CT molecular complexity index is 622. The number of fused-ring (bicyclic) bond motifs is 3. The summed E-state index contributed by atoms with van der Waals surface area (Å²) in [6.07, 6.45) is 5.30. The van der Waals surface area contributed by atoms with Crippen molar-refractivity contribution in [1.29, 1.82) is 0 Å². The minimum atomic E-state index is 1.03. The summed E-state index contributed by atoms with van der Waals surface area (Å²) in [7, 11) is 0.